The summed E-state index contributed by atoms with van der Waals surface area (Å²) >= 11 is 0. The predicted octanol–water partition coefficient (Wildman–Crippen LogP) is 3.49. The predicted molar refractivity (Wildman–Crippen MR) is 104 cm³/mol. The van der Waals surface area contributed by atoms with Gasteiger partial charge < -0.3 is 10.0 Å². The third-order valence-electron chi connectivity index (χ3n) is 4.82. The Morgan fingerprint density at radius 1 is 1.07 bits per heavy atom. The van der Waals surface area contributed by atoms with Crippen molar-refractivity contribution in [2.45, 2.75) is 12.5 Å². The van der Waals surface area contributed by atoms with Crippen molar-refractivity contribution in [1.82, 2.24) is 14.7 Å². The number of aromatic nitrogens is 2. The van der Waals surface area contributed by atoms with Crippen molar-refractivity contribution in [3.8, 4) is 5.75 Å². The number of nitrogens with zero attached hydrogens (tertiary/aromatic N) is 3. The average Bonchev–Trinajstić information content (AvgIpc) is 3.23. The van der Waals surface area contributed by atoms with Crippen LogP contribution in [0.15, 0.2) is 79.1 Å². The largest absolute Gasteiger partial charge is 0.508 e. The third kappa shape index (κ3) is 3.62. The smallest absolute Gasteiger partial charge is 0.252 e. The van der Waals surface area contributed by atoms with Crippen LogP contribution in [0, 0.1) is 0 Å². The first-order valence-electron chi connectivity index (χ1n) is 9.03. The fourth-order valence-corrected chi connectivity index (χ4v) is 3.50. The van der Waals surface area contributed by atoms with Crippen molar-refractivity contribution >= 4 is 11.5 Å². The van der Waals surface area contributed by atoms with E-state index in [0.717, 1.165) is 23.1 Å². The highest BCUT2D eigenvalue weighted by Crippen LogP contribution is 2.27. The van der Waals surface area contributed by atoms with Crippen molar-refractivity contribution < 1.29 is 9.90 Å². The standard InChI is InChI=1S/C22H21N3O2/c26-20-11-4-9-18(15-20)19-10-5-13-24(16-19)22(27)21(25-14-6-12-23-25)17-7-2-1-3-8-17/h1-4,6-12,14-15,21,26H,5,13,16H2. The van der Waals surface area contributed by atoms with Crippen molar-refractivity contribution in [3.63, 3.8) is 0 Å². The molecule has 2 heterocycles. The van der Waals surface area contributed by atoms with Gasteiger partial charge >= 0.3 is 0 Å². The molecular formula is C22H21N3O2. The van der Waals surface area contributed by atoms with Crippen molar-refractivity contribution in [2.24, 2.45) is 0 Å². The van der Waals surface area contributed by atoms with Crippen molar-refractivity contribution in [3.05, 3.63) is 90.3 Å². The second-order valence-electron chi connectivity index (χ2n) is 6.63. The van der Waals surface area contributed by atoms with Gasteiger partial charge in [0.1, 0.15) is 5.75 Å². The van der Waals surface area contributed by atoms with E-state index in [9.17, 15) is 9.90 Å². The first-order valence-corrected chi connectivity index (χ1v) is 9.03. The Hall–Kier alpha value is -3.34. The Balaban J connectivity index is 1.62. The number of aromatic hydroxyl groups is 1. The normalized spacial score (nSPS) is 15.3. The maximum Gasteiger partial charge on any atom is 0.252 e. The van der Waals surface area contributed by atoms with Crippen molar-refractivity contribution in [1.29, 1.82) is 0 Å². The van der Waals surface area contributed by atoms with Gasteiger partial charge in [0.25, 0.3) is 5.91 Å². The molecule has 27 heavy (non-hydrogen) atoms. The number of amides is 1. The second-order valence-corrected chi connectivity index (χ2v) is 6.63. The lowest BCUT2D eigenvalue weighted by molar-refractivity contribution is -0.133. The summed E-state index contributed by atoms with van der Waals surface area (Å²) in [5, 5.41) is 14.1. The van der Waals surface area contributed by atoms with Gasteiger partial charge in [-0.05, 0) is 41.3 Å². The number of hydrogen-bond acceptors (Lipinski definition) is 3. The molecule has 0 saturated carbocycles. The first-order chi connectivity index (χ1) is 13.2. The molecule has 0 spiro atoms. The summed E-state index contributed by atoms with van der Waals surface area (Å²) < 4.78 is 1.71. The molecule has 0 fully saturated rings. The van der Waals surface area contributed by atoms with Gasteiger partial charge in [0, 0.05) is 25.5 Å². The minimum Gasteiger partial charge on any atom is -0.508 e. The van der Waals surface area contributed by atoms with E-state index in [-0.39, 0.29) is 11.7 Å². The summed E-state index contributed by atoms with van der Waals surface area (Å²) in [6, 6.07) is 18.3. The van der Waals surface area contributed by atoms with Crippen LogP contribution >= 0.6 is 0 Å². The molecule has 0 saturated heterocycles. The van der Waals surface area contributed by atoms with Gasteiger partial charge in [0.05, 0.1) is 0 Å². The van der Waals surface area contributed by atoms with Crippen LogP contribution in [-0.4, -0.2) is 38.8 Å². The summed E-state index contributed by atoms with van der Waals surface area (Å²) in [6.45, 7) is 1.19. The lowest BCUT2D eigenvalue weighted by Crippen LogP contribution is -2.41. The Morgan fingerprint density at radius 3 is 2.67 bits per heavy atom. The number of carbonyl (C=O) groups is 1. The number of hydrogen-bond donors (Lipinski definition) is 1. The Labute approximate surface area is 158 Å². The first kappa shape index (κ1) is 17.1. The number of carbonyl (C=O) groups excluding carboxylic acids is 1. The van der Waals surface area contributed by atoms with E-state index in [1.807, 2.05) is 59.6 Å². The third-order valence-corrected chi connectivity index (χ3v) is 4.82. The summed E-state index contributed by atoms with van der Waals surface area (Å²) in [7, 11) is 0. The van der Waals surface area contributed by atoms with Crippen LogP contribution in [0.3, 0.4) is 0 Å². The van der Waals surface area contributed by atoms with Gasteiger partial charge in [0.15, 0.2) is 6.04 Å². The van der Waals surface area contributed by atoms with Gasteiger partial charge in [0.2, 0.25) is 0 Å². The summed E-state index contributed by atoms with van der Waals surface area (Å²) in [5.74, 6) is 0.256. The van der Waals surface area contributed by atoms with Crippen LogP contribution < -0.4 is 0 Å². The molecule has 0 radical (unpaired) electrons. The highest BCUT2D eigenvalue weighted by molar-refractivity contribution is 5.86. The van der Waals surface area contributed by atoms with Crippen LogP contribution in [0.2, 0.25) is 0 Å². The average molecular weight is 359 g/mol. The summed E-state index contributed by atoms with van der Waals surface area (Å²) in [4.78, 5) is 15.3. The molecule has 1 atom stereocenters. The van der Waals surface area contributed by atoms with Crippen LogP contribution in [0.1, 0.15) is 23.6 Å². The van der Waals surface area contributed by atoms with E-state index in [1.54, 1.807) is 23.0 Å². The number of phenolic OH excluding ortho intramolecular Hbond substituents is 1. The molecule has 1 aliphatic heterocycles. The molecule has 4 rings (SSSR count). The van der Waals surface area contributed by atoms with Crippen LogP contribution in [0.5, 0.6) is 5.75 Å². The Kier molecular flexibility index (Phi) is 4.75. The van der Waals surface area contributed by atoms with E-state index in [1.165, 1.54) is 0 Å². The minimum atomic E-state index is -0.482. The molecule has 1 unspecified atom stereocenters. The molecule has 5 nitrogen and oxygen atoms in total. The lowest BCUT2D eigenvalue weighted by Gasteiger charge is -2.31. The topological polar surface area (TPSA) is 58.4 Å². The van der Waals surface area contributed by atoms with Gasteiger partial charge in [-0.25, -0.2) is 0 Å². The van der Waals surface area contributed by atoms with Crippen molar-refractivity contribution in [2.75, 3.05) is 13.1 Å². The zero-order chi connectivity index (χ0) is 18.6. The Morgan fingerprint density at radius 2 is 1.93 bits per heavy atom. The molecule has 0 bridgehead atoms. The molecule has 136 valence electrons. The van der Waals surface area contributed by atoms with E-state index < -0.39 is 6.04 Å². The van der Waals surface area contributed by atoms with Crippen LogP contribution in [0.4, 0.5) is 0 Å². The molecule has 5 heteroatoms. The number of benzene rings is 2. The number of rotatable bonds is 4. The van der Waals surface area contributed by atoms with Crippen LogP contribution in [-0.2, 0) is 4.79 Å². The SMILES string of the molecule is O=C(C(c1ccccc1)n1cccn1)N1CCC=C(c2cccc(O)c2)C1. The maximum absolute atomic E-state index is 13.4. The molecule has 1 aromatic heterocycles. The highest BCUT2D eigenvalue weighted by Gasteiger charge is 2.29. The molecule has 1 aliphatic rings. The molecule has 1 amide bonds. The second kappa shape index (κ2) is 7.50. The number of phenols is 1. The molecule has 3 aromatic rings. The minimum absolute atomic E-state index is 0.0238. The maximum atomic E-state index is 13.4. The fraction of sp³-hybridized carbons (Fsp3) is 0.182. The van der Waals surface area contributed by atoms with E-state index in [0.29, 0.717) is 13.1 Å². The zero-order valence-electron chi connectivity index (χ0n) is 14.9. The van der Waals surface area contributed by atoms with Gasteiger partial charge in [-0.1, -0.05) is 48.5 Å². The summed E-state index contributed by atoms with van der Waals surface area (Å²) in [5.41, 5.74) is 2.92. The van der Waals surface area contributed by atoms with E-state index in [4.69, 9.17) is 0 Å². The van der Waals surface area contributed by atoms with Gasteiger partial charge in [-0.15, -0.1) is 0 Å². The van der Waals surface area contributed by atoms with E-state index >= 15 is 0 Å². The van der Waals surface area contributed by atoms with Gasteiger partial charge in [-0.2, -0.15) is 5.10 Å². The molecule has 0 aliphatic carbocycles. The monoisotopic (exact) mass is 359 g/mol. The lowest BCUT2D eigenvalue weighted by atomic mass is 9.99. The Bertz CT molecular complexity index is 949. The molecule has 1 N–H and O–H groups in total. The zero-order valence-corrected chi connectivity index (χ0v) is 14.9. The summed E-state index contributed by atoms with van der Waals surface area (Å²) in [6.07, 6.45) is 6.45. The quantitative estimate of drug-likeness (QED) is 0.776. The molecular weight excluding hydrogens is 338 g/mol. The highest BCUT2D eigenvalue weighted by atomic mass is 16.3. The van der Waals surface area contributed by atoms with Gasteiger partial charge in [-0.3, -0.25) is 9.48 Å². The fourth-order valence-electron chi connectivity index (χ4n) is 3.50. The van der Waals surface area contributed by atoms with Crippen LogP contribution in [0.25, 0.3) is 5.57 Å². The van der Waals surface area contributed by atoms with E-state index in [2.05, 4.69) is 11.2 Å². The molecule has 2 aromatic carbocycles.